The van der Waals surface area contributed by atoms with Crippen LogP contribution < -0.4 is 10.9 Å². The van der Waals surface area contributed by atoms with E-state index in [1.807, 2.05) is 0 Å². The first-order valence-corrected chi connectivity index (χ1v) is 11.5. The monoisotopic (exact) mass is 531 g/mol. The Bertz CT molecular complexity index is 1420. The van der Waals surface area contributed by atoms with Crippen LogP contribution in [0, 0.1) is 0 Å². The number of rotatable bonds is 5. The lowest BCUT2D eigenvalue weighted by molar-refractivity contribution is 0.0520. The number of nitrogens with one attached hydrogen (secondary N) is 1. The molecule has 0 atom stereocenters. The van der Waals surface area contributed by atoms with Crippen LogP contribution in [-0.4, -0.2) is 28.3 Å². The van der Waals surface area contributed by atoms with Crippen molar-refractivity contribution in [1.29, 1.82) is 0 Å². The van der Waals surface area contributed by atoms with Crippen molar-refractivity contribution in [3.63, 3.8) is 0 Å². The Morgan fingerprint density at radius 1 is 1.22 bits per heavy atom. The third-order valence-electron chi connectivity index (χ3n) is 4.52. The Kier molecular flexibility index (Phi) is 6.40. The molecule has 0 saturated carbocycles. The van der Waals surface area contributed by atoms with Gasteiger partial charge in [-0.2, -0.15) is 9.78 Å². The number of amides is 1. The second-order valence-electron chi connectivity index (χ2n) is 6.55. The zero-order valence-electron chi connectivity index (χ0n) is 16.6. The molecule has 2 aromatic carbocycles. The summed E-state index contributed by atoms with van der Waals surface area (Å²) in [5.41, 5.74) is 0.256. The maximum atomic E-state index is 13.4. The van der Waals surface area contributed by atoms with Gasteiger partial charge in [0.25, 0.3) is 11.5 Å². The van der Waals surface area contributed by atoms with Crippen molar-refractivity contribution in [2.45, 2.75) is 6.92 Å². The number of esters is 1. The van der Waals surface area contributed by atoms with E-state index >= 15 is 0 Å². The van der Waals surface area contributed by atoms with Crippen LogP contribution in [0.1, 0.15) is 27.8 Å². The van der Waals surface area contributed by atoms with Gasteiger partial charge in [0, 0.05) is 20.3 Å². The molecule has 0 unspecified atom stereocenters. The zero-order chi connectivity index (χ0) is 22.8. The molecule has 4 aromatic rings. The van der Waals surface area contributed by atoms with E-state index in [2.05, 4.69) is 26.3 Å². The summed E-state index contributed by atoms with van der Waals surface area (Å²) in [7, 11) is 0. The highest BCUT2D eigenvalue weighted by atomic mass is 79.9. The number of anilines is 1. The van der Waals surface area contributed by atoms with Gasteiger partial charge in [0.1, 0.15) is 5.00 Å². The van der Waals surface area contributed by atoms with Crippen LogP contribution in [-0.2, 0) is 4.74 Å². The highest BCUT2D eigenvalue weighted by molar-refractivity contribution is 9.10. The number of benzene rings is 2. The van der Waals surface area contributed by atoms with Crippen LogP contribution in [0.5, 0.6) is 0 Å². The number of hydrogen-bond donors (Lipinski definition) is 1. The first kappa shape index (κ1) is 22.2. The van der Waals surface area contributed by atoms with Gasteiger partial charge in [-0.05, 0) is 53.2 Å². The summed E-state index contributed by atoms with van der Waals surface area (Å²) in [5, 5.41) is 9.81. The second kappa shape index (κ2) is 9.23. The standard InChI is InChI=1S/C22H15BrClN3O4S/c1-2-31-22(30)18-15-11-32-20(25-19(28)14-8-3-4-9-16(14)23)17(15)21(29)27(26-18)13-7-5-6-12(24)10-13/h3-11H,2H2,1H3,(H,25,28). The minimum atomic E-state index is -0.672. The van der Waals surface area contributed by atoms with Gasteiger partial charge in [-0.15, -0.1) is 11.3 Å². The summed E-state index contributed by atoms with van der Waals surface area (Å²) in [5.74, 6) is -1.07. The van der Waals surface area contributed by atoms with E-state index in [1.165, 1.54) is 0 Å². The van der Waals surface area contributed by atoms with Gasteiger partial charge < -0.3 is 10.1 Å². The van der Waals surface area contributed by atoms with Gasteiger partial charge in [0.05, 0.1) is 23.2 Å². The van der Waals surface area contributed by atoms with Crippen molar-refractivity contribution in [2.75, 3.05) is 11.9 Å². The molecule has 10 heteroatoms. The molecule has 32 heavy (non-hydrogen) atoms. The molecule has 7 nitrogen and oxygen atoms in total. The van der Waals surface area contributed by atoms with Crippen LogP contribution in [0.25, 0.3) is 16.5 Å². The van der Waals surface area contributed by atoms with E-state index in [4.69, 9.17) is 16.3 Å². The van der Waals surface area contributed by atoms with Crippen molar-refractivity contribution in [1.82, 2.24) is 9.78 Å². The fourth-order valence-electron chi connectivity index (χ4n) is 3.09. The molecular weight excluding hydrogens is 518 g/mol. The first-order chi connectivity index (χ1) is 15.4. The van der Waals surface area contributed by atoms with Crippen LogP contribution in [0.15, 0.2) is 63.2 Å². The molecule has 0 spiro atoms. The topological polar surface area (TPSA) is 90.3 Å². The minimum absolute atomic E-state index is 0.0286. The zero-order valence-corrected chi connectivity index (χ0v) is 19.8. The highest BCUT2D eigenvalue weighted by Crippen LogP contribution is 2.31. The number of ether oxygens (including phenoxy) is 1. The molecule has 0 fully saturated rings. The van der Waals surface area contributed by atoms with Crippen LogP contribution in [0.4, 0.5) is 5.00 Å². The van der Waals surface area contributed by atoms with E-state index in [9.17, 15) is 14.4 Å². The van der Waals surface area contributed by atoms with Gasteiger partial charge in [-0.1, -0.05) is 29.8 Å². The van der Waals surface area contributed by atoms with Gasteiger partial charge in [-0.25, -0.2) is 4.79 Å². The summed E-state index contributed by atoms with van der Waals surface area (Å²) < 4.78 is 6.83. The van der Waals surface area contributed by atoms with Crippen molar-refractivity contribution < 1.29 is 14.3 Å². The lowest BCUT2D eigenvalue weighted by atomic mass is 10.2. The average Bonchev–Trinajstić information content (AvgIpc) is 3.18. The molecule has 0 bridgehead atoms. The summed E-state index contributed by atoms with van der Waals surface area (Å²) in [6.45, 7) is 1.83. The van der Waals surface area contributed by atoms with Crippen LogP contribution >= 0.6 is 38.9 Å². The maximum Gasteiger partial charge on any atom is 0.359 e. The second-order valence-corrected chi connectivity index (χ2v) is 8.72. The smallest absolute Gasteiger partial charge is 0.359 e. The fourth-order valence-corrected chi connectivity index (χ4v) is 4.67. The van der Waals surface area contributed by atoms with E-state index < -0.39 is 17.4 Å². The lowest BCUT2D eigenvalue weighted by Crippen LogP contribution is -2.25. The molecule has 0 radical (unpaired) electrons. The predicted molar refractivity (Wildman–Crippen MR) is 128 cm³/mol. The van der Waals surface area contributed by atoms with E-state index in [0.717, 1.165) is 16.0 Å². The summed E-state index contributed by atoms with van der Waals surface area (Å²) >= 11 is 10.6. The average molecular weight is 533 g/mol. The number of hydrogen-bond acceptors (Lipinski definition) is 6. The van der Waals surface area contributed by atoms with Gasteiger partial charge in [0.15, 0.2) is 5.69 Å². The SMILES string of the molecule is CCOC(=O)c1nn(-c2cccc(Cl)c2)c(=O)c2c(NC(=O)c3ccccc3Br)scc12. The van der Waals surface area contributed by atoms with E-state index in [-0.39, 0.29) is 17.7 Å². The molecule has 4 rings (SSSR count). The first-order valence-electron chi connectivity index (χ1n) is 9.44. The largest absolute Gasteiger partial charge is 0.461 e. The molecule has 2 heterocycles. The molecule has 162 valence electrons. The number of thiophene rings is 1. The normalized spacial score (nSPS) is 10.8. The maximum absolute atomic E-state index is 13.4. The van der Waals surface area contributed by atoms with Crippen molar-refractivity contribution in [3.8, 4) is 5.69 Å². The Morgan fingerprint density at radius 3 is 2.72 bits per heavy atom. The van der Waals surface area contributed by atoms with E-state index in [0.29, 0.717) is 31.1 Å². The number of carbonyl (C=O) groups excluding carboxylic acids is 2. The third-order valence-corrected chi connectivity index (χ3v) is 6.34. The van der Waals surface area contributed by atoms with Crippen molar-refractivity contribution in [2.24, 2.45) is 0 Å². The Morgan fingerprint density at radius 2 is 2.00 bits per heavy atom. The Balaban J connectivity index is 1.91. The predicted octanol–water partition coefficient (Wildman–Crippen LogP) is 5.29. The number of halogens is 2. The fraction of sp³-hybridized carbons (Fsp3) is 0.0909. The van der Waals surface area contributed by atoms with Gasteiger partial charge in [-0.3, -0.25) is 9.59 Å². The molecule has 0 aliphatic heterocycles. The molecule has 2 aromatic heterocycles. The molecule has 1 amide bonds. The molecular formula is C22H15BrClN3O4S. The summed E-state index contributed by atoms with van der Waals surface area (Å²) in [6, 6.07) is 13.5. The number of nitrogens with zero attached hydrogens (tertiary/aromatic N) is 2. The van der Waals surface area contributed by atoms with E-state index in [1.54, 1.807) is 60.8 Å². The minimum Gasteiger partial charge on any atom is -0.461 e. The molecule has 1 N–H and O–H groups in total. The third kappa shape index (κ3) is 4.19. The number of fused-ring (bicyclic) bond motifs is 1. The van der Waals surface area contributed by atoms with Gasteiger partial charge >= 0.3 is 5.97 Å². The summed E-state index contributed by atoms with van der Waals surface area (Å²) in [4.78, 5) is 38.8. The van der Waals surface area contributed by atoms with Crippen molar-refractivity contribution >= 4 is 66.5 Å². The number of aromatic nitrogens is 2. The van der Waals surface area contributed by atoms with Gasteiger partial charge in [0.2, 0.25) is 0 Å². The highest BCUT2D eigenvalue weighted by Gasteiger charge is 2.23. The Labute approximate surface area is 199 Å². The molecule has 0 aliphatic carbocycles. The lowest BCUT2D eigenvalue weighted by Gasteiger charge is -2.10. The van der Waals surface area contributed by atoms with Crippen molar-refractivity contribution in [3.05, 3.63) is 85.0 Å². The van der Waals surface area contributed by atoms with Crippen LogP contribution in [0.3, 0.4) is 0 Å². The molecule has 0 saturated heterocycles. The molecule has 0 aliphatic rings. The number of carbonyl (C=O) groups is 2. The Hall–Kier alpha value is -3.01. The summed E-state index contributed by atoms with van der Waals surface area (Å²) in [6.07, 6.45) is 0. The van der Waals surface area contributed by atoms with Crippen LogP contribution in [0.2, 0.25) is 5.02 Å². The quantitative estimate of drug-likeness (QED) is 0.353.